The molecule has 6 nitrogen and oxygen atoms in total. The van der Waals surface area contributed by atoms with Crippen molar-refractivity contribution in [1.82, 2.24) is 20.0 Å². The van der Waals surface area contributed by atoms with Gasteiger partial charge in [0.15, 0.2) is 0 Å². The Balaban J connectivity index is 1.75. The fourth-order valence-electron chi connectivity index (χ4n) is 2.90. The highest BCUT2D eigenvalue weighted by atomic mass is 16.2. The second kappa shape index (κ2) is 6.92. The highest BCUT2D eigenvalue weighted by molar-refractivity contribution is 5.77. The van der Waals surface area contributed by atoms with Crippen LogP contribution < -0.4 is 5.32 Å². The Kier molecular flexibility index (Phi) is 5.23. The summed E-state index contributed by atoms with van der Waals surface area (Å²) < 4.78 is 0. The molecule has 2 aliphatic rings. The van der Waals surface area contributed by atoms with Crippen molar-refractivity contribution in [3.05, 3.63) is 0 Å². The van der Waals surface area contributed by atoms with Crippen LogP contribution in [0.1, 0.15) is 19.3 Å². The Morgan fingerprint density at radius 3 is 2.35 bits per heavy atom. The van der Waals surface area contributed by atoms with E-state index in [1.807, 2.05) is 9.80 Å². The maximum atomic E-state index is 12.3. The minimum atomic E-state index is 0.0357. The van der Waals surface area contributed by atoms with Gasteiger partial charge in [-0.25, -0.2) is 4.79 Å². The van der Waals surface area contributed by atoms with Gasteiger partial charge >= 0.3 is 6.03 Å². The van der Waals surface area contributed by atoms with Crippen molar-refractivity contribution in [3.8, 4) is 0 Å². The molecule has 1 atom stereocenters. The molecule has 0 aromatic carbocycles. The van der Waals surface area contributed by atoms with Crippen LogP contribution in [0.5, 0.6) is 0 Å². The number of hydrogen-bond donors (Lipinski definition) is 1. The van der Waals surface area contributed by atoms with Crippen molar-refractivity contribution in [3.63, 3.8) is 0 Å². The van der Waals surface area contributed by atoms with Crippen LogP contribution >= 0.6 is 0 Å². The molecule has 0 aromatic heterocycles. The molecule has 114 valence electrons. The fourth-order valence-corrected chi connectivity index (χ4v) is 2.90. The molecule has 0 saturated carbocycles. The molecule has 0 spiro atoms. The third-order valence-corrected chi connectivity index (χ3v) is 4.15. The fraction of sp³-hybridized carbons (Fsp3) is 0.857. The van der Waals surface area contributed by atoms with Crippen molar-refractivity contribution in [2.24, 2.45) is 5.92 Å². The monoisotopic (exact) mass is 282 g/mol. The largest absolute Gasteiger partial charge is 0.339 e. The molecule has 0 bridgehead atoms. The van der Waals surface area contributed by atoms with Crippen molar-refractivity contribution in [2.45, 2.75) is 19.3 Å². The topological polar surface area (TPSA) is 55.9 Å². The SMILES string of the molecule is CN(C)C(=O)N1CCN(C(=O)CC2CCCNC2)CC1. The van der Waals surface area contributed by atoms with Crippen molar-refractivity contribution in [1.29, 1.82) is 0 Å². The standard InChI is InChI=1S/C14H26N4O2/c1-16(2)14(20)18-8-6-17(7-9-18)13(19)10-12-4-3-5-15-11-12/h12,15H,3-11H2,1-2H3. The first-order valence-corrected chi connectivity index (χ1v) is 7.52. The zero-order chi connectivity index (χ0) is 14.5. The van der Waals surface area contributed by atoms with E-state index in [4.69, 9.17) is 0 Å². The molecule has 2 fully saturated rings. The summed E-state index contributed by atoms with van der Waals surface area (Å²) in [6.07, 6.45) is 2.97. The number of rotatable bonds is 2. The third kappa shape index (κ3) is 3.85. The molecule has 0 aliphatic carbocycles. The number of nitrogens with one attached hydrogen (secondary N) is 1. The Morgan fingerprint density at radius 1 is 1.15 bits per heavy atom. The molecule has 1 N–H and O–H groups in total. The van der Waals surface area contributed by atoms with E-state index in [0.29, 0.717) is 38.5 Å². The Bertz CT molecular complexity index is 345. The summed E-state index contributed by atoms with van der Waals surface area (Å²) in [5.41, 5.74) is 0. The van der Waals surface area contributed by atoms with Crippen LogP contribution in [0.15, 0.2) is 0 Å². The molecule has 6 heteroatoms. The van der Waals surface area contributed by atoms with Gasteiger partial charge in [-0.15, -0.1) is 0 Å². The molecular formula is C14H26N4O2. The van der Waals surface area contributed by atoms with Gasteiger partial charge in [-0.1, -0.05) is 0 Å². The van der Waals surface area contributed by atoms with E-state index in [2.05, 4.69) is 5.32 Å². The molecule has 2 aliphatic heterocycles. The van der Waals surface area contributed by atoms with Crippen LogP contribution in [0.3, 0.4) is 0 Å². The van der Waals surface area contributed by atoms with E-state index >= 15 is 0 Å². The number of carbonyl (C=O) groups excluding carboxylic acids is 2. The lowest BCUT2D eigenvalue weighted by Crippen LogP contribution is -2.53. The molecule has 1 unspecified atom stereocenters. The summed E-state index contributed by atoms with van der Waals surface area (Å²) in [5, 5.41) is 3.35. The molecule has 0 aromatic rings. The first-order chi connectivity index (χ1) is 9.58. The van der Waals surface area contributed by atoms with Gasteiger partial charge in [-0.3, -0.25) is 4.79 Å². The van der Waals surface area contributed by atoms with E-state index in [0.717, 1.165) is 19.5 Å². The summed E-state index contributed by atoms with van der Waals surface area (Å²) in [7, 11) is 3.52. The highest BCUT2D eigenvalue weighted by Crippen LogP contribution is 2.16. The maximum Gasteiger partial charge on any atom is 0.319 e. The number of urea groups is 1. The van der Waals surface area contributed by atoms with E-state index < -0.39 is 0 Å². The van der Waals surface area contributed by atoms with E-state index in [-0.39, 0.29) is 11.9 Å². The predicted molar refractivity (Wildman–Crippen MR) is 77.4 cm³/mol. The van der Waals surface area contributed by atoms with Gasteiger partial charge < -0.3 is 20.0 Å². The normalized spacial score (nSPS) is 23.6. The lowest BCUT2D eigenvalue weighted by molar-refractivity contribution is -0.133. The smallest absolute Gasteiger partial charge is 0.319 e. The summed E-state index contributed by atoms with van der Waals surface area (Å²) in [4.78, 5) is 29.4. The molecule has 2 heterocycles. The molecule has 3 amide bonds. The molecular weight excluding hydrogens is 256 g/mol. The van der Waals surface area contributed by atoms with Crippen LogP contribution in [0.4, 0.5) is 4.79 Å². The number of hydrogen-bond acceptors (Lipinski definition) is 3. The van der Waals surface area contributed by atoms with Gasteiger partial charge in [0.25, 0.3) is 0 Å². The lowest BCUT2D eigenvalue weighted by atomic mass is 9.95. The zero-order valence-electron chi connectivity index (χ0n) is 12.6. The van der Waals surface area contributed by atoms with Crippen LogP contribution in [0.2, 0.25) is 0 Å². The van der Waals surface area contributed by atoms with Crippen LogP contribution in [-0.2, 0) is 4.79 Å². The third-order valence-electron chi connectivity index (χ3n) is 4.15. The first-order valence-electron chi connectivity index (χ1n) is 7.52. The molecule has 2 rings (SSSR count). The minimum absolute atomic E-state index is 0.0357. The van der Waals surface area contributed by atoms with Crippen LogP contribution in [-0.4, -0.2) is 80.0 Å². The van der Waals surface area contributed by atoms with E-state index in [1.54, 1.807) is 19.0 Å². The Morgan fingerprint density at radius 2 is 1.80 bits per heavy atom. The Labute approximate surface area is 121 Å². The van der Waals surface area contributed by atoms with Crippen molar-refractivity contribution in [2.75, 3.05) is 53.4 Å². The van der Waals surface area contributed by atoms with E-state index in [1.165, 1.54) is 6.42 Å². The minimum Gasteiger partial charge on any atom is -0.339 e. The molecule has 0 radical (unpaired) electrons. The number of piperidine rings is 1. The summed E-state index contributed by atoms with van der Waals surface area (Å²) >= 11 is 0. The Hall–Kier alpha value is -1.30. The first kappa shape index (κ1) is 15.1. The number of carbonyl (C=O) groups is 2. The highest BCUT2D eigenvalue weighted by Gasteiger charge is 2.26. The maximum absolute atomic E-state index is 12.3. The van der Waals surface area contributed by atoms with Crippen LogP contribution in [0.25, 0.3) is 0 Å². The number of nitrogens with zero attached hydrogens (tertiary/aromatic N) is 3. The van der Waals surface area contributed by atoms with Crippen molar-refractivity contribution >= 4 is 11.9 Å². The second-order valence-electron chi connectivity index (χ2n) is 5.96. The number of amides is 3. The summed E-state index contributed by atoms with van der Waals surface area (Å²) in [5.74, 6) is 0.730. The van der Waals surface area contributed by atoms with Gasteiger partial charge in [0.1, 0.15) is 0 Å². The lowest BCUT2D eigenvalue weighted by Gasteiger charge is -2.36. The predicted octanol–water partition coefficient (Wildman–Crippen LogP) is 0.202. The quantitative estimate of drug-likeness (QED) is 0.787. The zero-order valence-corrected chi connectivity index (χ0v) is 12.6. The average molecular weight is 282 g/mol. The number of piperazine rings is 1. The summed E-state index contributed by atoms with van der Waals surface area (Å²) in [6, 6.07) is 0.0357. The second-order valence-corrected chi connectivity index (χ2v) is 5.96. The van der Waals surface area contributed by atoms with Gasteiger partial charge in [-0.2, -0.15) is 0 Å². The van der Waals surface area contributed by atoms with Gasteiger partial charge in [-0.05, 0) is 31.8 Å². The van der Waals surface area contributed by atoms with Crippen LogP contribution in [0, 0.1) is 5.92 Å². The average Bonchev–Trinajstić information content (AvgIpc) is 2.47. The van der Waals surface area contributed by atoms with Gasteiger partial charge in [0, 0.05) is 46.7 Å². The van der Waals surface area contributed by atoms with Gasteiger partial charge in [0.2, 0.25) is 5.91 Å². The van der Waals surface area contributed by atoms with Gasteiger partial charge in [0.05, 0.1) is 0 Å². The molecule has 20 heavy (non-hydrogen) atoms. The summed E-state index contributed by atoms with van der Waals surface area (Å²) in [6.45, 7) is 4.66. The van der Waals surface area contributed by atoms with E-state index in [9.17, 15) is 9.59 Å². The molecule has 2 saturated heterocycles. The van der Waals surface area contributed by atoms with Crippen molar-refractivity contribution < 1.29 is 9.59 Å².